The van der Waals surface area contributed by atoms with Crippen molar-refractivity contribution in [1.82, 2.24) is 19.9 Å². The zero-order chi connectivity index (χ0) is 17.2. The Morgan fingerprint density at radius 1 is 1.25 bits per heavy atom. The molecular weight excluding hydrogens is 313 g/mol. The zero-order valence-corrected chi connectivity index (χ0v) is 12.9. The van der Waals surface area contributed by atoms with E-state index in [-0.39, 0.29) is 18.3 Å². The summed E-state index contributed by atoms with van der Waals surface area (Å²) in [6.07, 6.45) is 1.72. The van der Waals surface area contributed by atoms with Gasteiger partial charge in [0.15, 0.2) is 5.65 Å². The molecule has 0 fully saturated rings. The maximum Gasteiger partial charge on any atom is 0.321 e. The number of hydrogen-bond donors (Lipinski definition) is 3. The van der Waals surface area contributed by atoms with E-state index >= 15 is 0 Å². The van der Waals surface area contributed by atoms with Crippen LogP contribution in [0.25, 0.3) is 5.65 Å². The minimum atomic E-state index is -1.34. The number of aromatic nitrogens is 3. The van der Waals surface area contributed by atoms with Crippen molar-refractivity contribution in [2.45, 2.75) is 12.5 Å². The van der Waals surface area contributed by atoms with Crippen molar-refractivity contribution in [2.75, 3.05) is 11.9 Å². The van der Waals surface area contributed by atoms with E-state index in [2.05, 4.69) is 20.8 Å². The third kappa shape index (κ3) is 3.33. The number of rotatable bonds is 4. The molecule has 3 rings (SSSR count). The number of amides is 2. The second kappa shape index (κ2) is 6.25. The van der Waals surface area contributed by atoms with Crippen LogP contribution in [0, 0.1) is 5.82 Å². The van der Waals surface area contributed by atoms with Crippen molar-refractivity contribution >= 4 is 17.6 Å². The number of aliphatic hydroxyl groups is 1. The summed E-state index contributed by atoms with van der Waals surface area (Å²) >= 11 is 0. The van der Waals surface area contributed by atoms with Crippen molar-refractivity contribution in [3.8, 4) is 0 Å². The molecule has 2 amide bonds. The van der Waals surface area contributed by atoms with Crippen LogP contribution in [-0.2, 0) is 5.60 Å². The van der Waals surface area contributed by atoms with Crippen molar-refractivity contribution in [3.05, 3.63) is 60.0 Å². The number of fused-ring (bicyclic) bond motifs is 1. The Bertz CT molecular complexity index is 860. The fraction of sp³-hybridized carbons (Fsp3) is 0.188. The van der Waals surface area contributed by atoms with Gasteiger partial charge in [0.25, 0.3) is 0 Å². The molecular formula is C16H16FN5O2. The van der Waals surface area contributed by atoms with Crippen molar-refractivity contribution in [3.63, 3.8) is 0 Å². The Hall–Kier alpha value is -3.00. The van der Waals surface area contributed by atoms with E-state index in [1.807, 2.05) is 6.07 Å². The minimum Gasteiger partial charge on any atom is -0.384 e. The highest BCUT2D eigenvalue weighted by Gasteiger charge is 2.24. The van der Waals surface area contributed by atoms with Gasteiger partial charge in [-0.25, -0.2) is 9.18 Å². The fourth-order valence-corrected chi connectivity index (χ4v) is 2.24. The van der Waals surface area contributed by atoms with Gasteiger partial charge in [-0.3, -0.25) is 9.72 Å². The number of carbonyl (C=O) groups is 1. The van der Waals surface area contributed by atoms with Gasteiger partial charge in [-0.05, 0) is 36.8 Å². The molecule has 3 N–H and O–H groups in total. The normalized spacial score (nSPS) is 13.5. The van der Waals surface area contributed by atoms with Gasteiger partial charge >= 0.3 is 6.03 Å². The first-order chi connectivity index (χ1) is 11.5. The predicted octanol–water partition coefficient (Wildman–Crippen LogP) is 1.90. The lowest BCUT2D eigenvalue weighted by atomic mass is 9.96. The maximum absolute atomic E-state index is 13.0. The fourth-order valence-electron chi connectivity index (χ4n) is 2.24. The van der Waals surface area contributed by atoms with Crippen LogP contribution in [0.15, 0.2) is 48.7 Å². The number of carbonyl (C=O) groups excluding carboxylic acids is 1. The molecule has 0 saturated carbocycles. The van der Waals surface area contributed by atoms with Gasteiger partial charge < -0.3 is 10.4 Å². The molecule has 3 aromatic rings. The standard InChI is InChI=1S/C16H16FN5O2/c1-16(24,11-5-7-12(17)8-6-11)10-18-15(23)19-14-21-20-13-4-2-3-9-22(13)14/h2-9,24H,10H2,1H3,(H2,18,19,21,23). The number of hydrogen-bond acceptors (Lipinski definition) is 4. The second-order valence-corrected chi connectivity index (χ2v) is 5.54. The molecule has 7 nitrogen and oxygen atoms in total. The van der Waals surface area contributed by atoms with Gasteiger partial charge in [-0.15, -0.1) is 10.2 Å². The third-order valence-electron chi connectivity index (χ3n) is 3.60. The summed E-state index contributed by atoms with van der Waals surface area (Å²) in [6.45, 7) is 1.48. The van der Waals surface area contributed by atoms with E-state index in [4.69, 9.17) is 0 Å². The molecule has 0 aliphatic carbocycles. The average Bonchev–Trinajstić information content (AvgIpc) is 2.97. The SMILES string of the molecule is CC(O)(CNC(=O)Nc1nnc2ccccn12)c1ccc(F)cc1. The number of nitrogens with zero attached hydrogens (tertiary/aromatic N) is 3. The van der Waals surface area contributed by atoms with Gasteiger partial charge in [0.2, 0.25) is 5.95 Å². The summed E-state index contributed by atoms with van der Waals surface area (Å²) in [6, 6.07) is 10.3. The Morgan fingerprint density at radius 2 is 2.00 bits per heavy atom. The van der Waals surface area contributed by atoms with Crippen LogP contribution in [0.1, 0.15) is 12.5 Å². The van der Waals surface area contributed by atoms with Crippen LogP contribution in [0.5, 0.6) is 0 Å². The van der Waals surface area contributed by atoms with Gasteiger partial charge in [-0.1, -0.05) is 18.2 Å². The van der Waals surface area contributed by atoms with E-state index in [0.29, 0.717) is 11.2 Å². The van der Waals surface area contributed by atoms with Crippen molar-refractivity contribution in [1.29, 1.82) is 0 Å². The summed E-state index contributed by atoms with van der Waals surface area (Å²) in [4.78, 5) is 12.0. The molecule has 124 valence electrons. The molecule has 0 radical (unpaired) electrons. The van der Waals surface area contributed by atoms with Gasteiger partial charge in [-0.2, -0.15) is 0 Å². The molecule has 0 saturated heterocycles. The minimum absolute atomic E-state index is 0.0544. The molecule has 0 spiro atoms. The topological polar surface area (TPSA) is 91.5 Å². The van der Waals surface area contributed by atoms with Crippen LogP contribution in [0.3, 0.4) is 0 Å². The number of pyridine rings is 1. The van der Waals surface area contributed by atoms with E-state index in [9.17, 15) is 14.3 Å². The molecule has 8 heteroatoms. The molecule has 2 aromatic heterocycles. The highest BCUT2D eigenvalue weighted by atomic mass is 19.1. The van der Waals surface area contributed by atoms with Gasteiger partial charge in [0.1, 0.15) is 11.4 Å². The zero-order valence-electron chi connectivity index (χ0n) is 12.9. The molecule has 2 heterocycles. The summed E-state index contributed by atoms with van der Waals surface area (Å²) in [5, 5.41) is 23.4. The molecule has 1 aromatic carbocycles. The lowest BCUT2D eigenvalue weighted by Crippen LogP contribution is -2.40. The summed E-state index contributed by atoms with van der Waals surface area (Å²) in [5.74, 6) is -0.122. The number of anilines is 1. The highest BCUT2D eigenvalue weighted by molar-refractivity contribution is 5.87. The number of nitrogens with one attached hydrogen (secondary N) is 2. The second-order valence-electron chi connectivity index (χ2n) is 5.54. The van der Waals surface area contributed by atoms with Gasteiger partial charge in [0, 0.05) is 6.20 Å². The summed E-state index contributed by atoms with van der Waals surface area (Å²) in [7, 11) is 0. The smallest absolute Gasteiger partial charge is 0.321 e. The Kier molecular flexibility index (Phi) is 4.13. The quantitative estimate of drug-likeness (QED) is 0.682. The summed E-state index contributed by atoms with van der Waals surface area (Å²) in [5.41, 5.74) is -0.235. The summed E-state index contributed by atoms with van der Waals surface area (Å²) < 4.78 is 14.6. The van der Waals surface area contributed by atoms with Gasteiger partial charge in [0.05, 0.1) is 6.54 Å². The molecule has 0 aliphatic heterocycles. The number of benzene rings is 1. The van der Waals surface area contributed by atoms with Crippen molar-refractivity contribution in [2.24, 2.45) is 0 Å². The lowest BCUT2D eigenvalue weighted by molar-refractivity contribution is 0.0599. The first kappa shape index (κ1) is 15.9. The van der Waals surface area contributed by atoms with E-state index in [0.717, 1.165) is 0 Å². The third-order valence-corrected chi connectivity index (χ3v) is 3.60. The van der Waals surface area contributed by atoms with Crippen LogP contribution < -0.4 is 10.6 Å². The average molecular weight is 329 g/mol. The number of urea groups is 1. The van der Waals surface area contributed by atoms with E-state index in [1.165, 1.54) is 31.2 Å². The Labute approximate surface area is 137 Å². The van der Waals surface area contributed by atoms with E-state index < -0.39 is 11.6 Å². The predicted molar refractivity (Wildman–Crippen MR) is 86.0 cm³/mol. The van der Waals surface area contributed by atoms with Crippen LogP contribution in [0.2, 0.25) is 0 Å². The van der Waals surface area contributed by atoms with Crippen molar-refractivity contribution < 1.29 is 14.3 Å². The Balaban J connectivity index is 1.63. The van der Waals surface area contributed by atoms with Crippen LogP contribution >= 0.6 is 0 Å². The first-order valence-electron chi connectivity index (χ1n) is 7.29. The number of halogens is 1. The maximum atomic E-state index is 13.0. The molecule has 24 heavy (non-hydrogen) atoms. The highest BCUT2D eigenvalue weighted by Crippen LogP contribution is 2.19. The molecule has 0 bridgehead atoms. The monoisotopic (exact) mass is 329 g/mol. The van der Waals surface area contributed by atoms with Crippen LogP contribution in [-0.4, -0.2) is 32.3 Å². The molecule has 1 atom stereocenters. The molecule has 1 unspecified atom stereocenters. The van der Waals surface area contributed by atoms with Crippen LogP contribution in [0.4, 0.5) is 15.1 Å². The molecule has 0 aliphatic rings. The first-order valence-corrected chi connectivity index (χ1v) is 7.29. The van der Waals surface area contributed by atoms with E-state index in [1.54, 1.807) is 22.7 Å². The lowest BCUT2D eigenvalue weighted by Gasteiger charge is -2.24. The largest absolute Gasteiger partial charge is 0.384 e. The Morgan fingerprint density at radius 3 is 2.75 bits per heavy atom.